The van der Waals surface area contributed by atoms with Crippen LogP contribution in [0.3, 0.4) is 0 Å². The summed E-state index contributed by atoms with van der Waals surface area (Å²) < 4.78 is 20.7. The van der Waals surface area contributed by atoms with Gasteiger partial charge in [-0.1, -0.05) is 6.92 Å². The summed E-state index contributed by atoms with van der Waals surface area (Å²) in [6.07, 6.45) is 1.76. The molecule has 3 rings (SSSR count). The Hall–Kier alpha value is -1.20. The zero-order valence-electron chi connectivity index (χ0n) is 12.2. The number of halogens is 2. The number of aryl methyl sites for hydroxylation is 1. The summed E-state index contributed by atoms with van der Waals surface area (Å²) >= 11 is 3.30. The summed E-state index contributed by atoms with van der Waals surface area (Å²) in [5.74, 6) is -0.255. The molecule has 0 saturated heterocycles. The van der Waals surface area contributed by atoms with Gasteiger partial charge >= 0.3 is 0 Å². The number of benzene rings is 1. The van der Waals surface area contributed by atoms with E-state index in [-0.39, 0.29) is 5.82 Å². The Labute approximate surface area is 132 Å². The van der Waals surface area contributed by atoms with Crippen LogP contribution in [0.2, 0.25) is 0 Å². The van der Waals surface area contributed by atoms with Gasteiger partial charge in [-0.25, -0.2) is 4.39 Å². The third-order valence-corrected chi connectivity index (χ3v) is 4.39. The number of pyridine rings is 1. The number of anilines is 1. The molecule has 0 aliphatic carbocycles. The SMILES string of the molecule is CCCNc1c2c(nc3c(C)cc(Br)c(F)c13)CCOC2. The first-order chi connectivity index (χ1) is 10.1. The van der Waals surface area contributed by atoms with Crippen molar-refractivity contribution in [2.75, 3.05) is 18.5 Å². The molecule has 0 atom stereocenters. The van der Waals surface area contributed by atoms with E-state index in [2.05, 4.69) is 28.2 Å². The predicted molar refractivity (Wildman–Crippen MR) is 86.3 cm³/mol. The van der Waals surface area contributed by atoms with E-state index in [1.165, 1.54) is 0 Å². The van der Waals surface area contributed by atoms with Crippen LogP contribution in [-0.4, -0.2) is 18.1 Å². The van der Waals surface area contributed by atoms with Gasteiger partial charge in [-0.3, -0.25) is 4.98 Å². The zero-order chi connectivity index (χ0) is 15.0. The molecule has 3 nitrogen and oxygen atoms in total. The van der Waals surface area contributed by atoms with Gasteiger partial charge in [0.05, 0.1) is 40.0 Å². The second-order valence-electron chi connectivity index (χ2n) is 5.35. The van der Waals surface area contributed by atoms with E-state index in [0.717, 1.165) is 47.4 Å². The van der Waals surface area contributed by atoms with Gasteiger partial charge in [0.15, 0.2) is 0 Å². The molecule has 0 radical (unpaired) electrons. The normalized spacial score (nSPS) is 14.3. The van der Waals surface area contributed by atoms with Crippen LogP contribution in [0.5, 0.6) is 0 Å². The third kappa shape index (κ3) is 2.53. The maximum atomic E-state index is 14.7. The number of hydrogen-bond donors (Lipinski definition) is 1. The van der Waals surface area contributed by atoms with Gasteiger partial charge in [0, 0.05) is 18.5 Å². The van der Waals surface area contributed by atoms with Crippen molar-refractivity contribution in [1.29, 1.82) is 0 Å². The van der Waals surface area contributed by atoms with E-state index in [9.17, 15) is 4.39 Å². The molecule has 0 saturated carbocycles. The van der Waals surface area contributed by atoms with Crippen molar-refractivity contribution in [3.63, 3.8) is 0 Å². The third-order valence-electron chi connectivity index (χ3n) is 3.81. The highest BCUT2D eigenvalue weighted by Crippen LogP contribution is 2.37. The zero-order valence-corrected chi connectivity index (χ0v) is 13.8. The highest BCUT2D eigenvalue weighted by Gasteiger charge is 2.22. The van der Waals surface area contributed by atoms with Crippen LogP contribution in [0.1, 0.15) is 30.2 Å². The monoisotopic (exact) mass is 352 g/mol. The fourth-order valence-corrected chi connectivity index (χ4v) is 3.30. The number of nitrogens with zero attached hydrogens (tertiary/aromatic N) is 1. The molecule has 1 aliphatic rings. The number of aromatic nitrogens is 1. The molecule has 0 spiro atoms. The summed E-state index contributed by atoms with van der Waals surface area (Å²) in [4.78, 5) is 4.71. The Bertz CT molecular complexity index is 703. The van der Waals surface area contributed by atoms with Crippen LogP contribution >= 0.6 is 15.9 Å². The van der Waals surface area contributed by atoms with Gasteiger partial charge in [0.25, 0.3) is 0 Å². The van der Waals surface area contributed by atoms with Crippen molar-refractivity contribution in [2.45, 2.75) is 33.3 Å². The van der Waals surface area contributed by atoms with Gasteiger partial charge < -0.3 is 10.1 Å². The molecule has 0 fully saturated rings. The lowest BCUT2D eigenvalue weighted by atomic mass is 10.0. The topological polar surface area (TPSA) is 34.2 Å². The minimum Gasteiger partial charge on any atom is -0.384 e. The standard InChI is InChI=1S/C16H18BrFN2O/c1-3-5-19-16-10-8-21-6-4-12(10)20-15-9(2)7-11(17)14(18)13(15)16/h7H,3-6,8H2,1-2H3,(H,19,20). The van der Waals surface area contributed by atoms with Gasteiger partial charge in [0.1, 0.15) is 5.82 Å². The van der Waals surface area contributed by atoms with Crippen molar-refractivity contribution in [1.82, 2.24) is 4.98 Å². The maximum absolute atomic E-state index is 14.7. The summed E-state index contributed by atoms with van der Waals surface area (Å²) in [7, 11) is 0. The average molecular weight is 353 g/mol. The molecule has 2 heterocycles. The largest absolute Gasteiger partial charge is 0.384 e. The number of ether oxygens (including phenoxy) is 1. The lowest BCUT2D eigenvalue weighted by molar-refractivity contribution is 0.110. The van der Waals surface area contributed by atoms with E-state index in [1.807, 2.05) is 6.92 Å². The molecule has 0 bridgehead atoms. The molecule has 2 aromatic rings. The second-order valence-corrected chi connectivity index (χ2v) is 6.21. The Morgan fingerprint density at radius 2 is 2.29 bits per heavy atom. The Morgan fingerprint density at radius 3 is 3.05 bits per heavy atom. The van der Waals surface area contributed by atoms with E-state index < -0.39 is 0 Å². The molecular formula is C16H18BrFN2O. The van der Waals surface area contributed by atoms with Crippen molar-refractivity contribution in [3.8, 4) is 0 Å². The fraction of sp³-hybridized carbons (Fsp3) is 0.438. The lowest BCUT2D eigenvalue weighted by Crippen LogP contribution is -2.16. The molecule has 0 amide bonds. The average Bonchev–Trinajstić information content (AvgIpc) is 2.49. The van der Waals surface area contributed by atoms with Gasteiger partial charge in [-0.2, -0.15) is 0 Å². The van der Waals surface area contributed by atoms with Crippen LogP contribution in [-0.2, 0) is 17.8 Å². The van der Waals surface area contributed by atoms with Gasteiger partial charge in [0.2, 0.25) is 0 Å². The first-order valence-electron chi connectivity index (χ1n) is 7.25. The summed E-state index contributed by atoms with van der Waals surface area (Å²) in [5.41, 5.74) is 4.59. The minimum atomic E-state index is -0.255. The van der Waals surface area contributed by atoms with Crippen molar-refractivity contribution in [3.05, 3.63) is 33.2 Å². The first kappa shape index (κ1) is 14.7. The first-order valence-corrected chi connectivity index (χ1v) is 8.04. The molecule has 1 aromatic carbocycles. The Balaban J connectivity index is 2.35. The highest BCUT2D eigenvalue weighted by molar-refractivity contribution is 9.10. The predicted octanol–water partition coefficient (Wildman–Crippen LogP) is 4.34. The molecule has 112 valence electrons. The van der Waals surface area contributed by atoms with E-state index in [1.54, 1.807) is 6.07 Å². The number of hydrogen-bond acceptors (Lipinski definition) is 3. The minimum absolute atomic E-state index is 0.255. The van der Waals surface area contributed by atoms with Crippen LogP contribution in [0, 0.1) is 12.7 Å². The van der Waals surface area contributed by atoms with Crippen molar-refractivity contribution < 1.29 is 9.13 Å². The summed E-state index contributed by atoms with van der Waals surface area (Å²) in [6.45, 7) is 6.04. The summed E-state index contributed by atoms with van der Waals surface area (Å²) in [6, 6.07) is 1.79. The van der Waals surface area contributed by atoms with Crippen LogP contribution < -0.4 is 5.32 Å². The van der Waals surface area contributed by atoms with Crippen LogP contribution in [0.4, 0.5) is 10.1 Å². The molecule has 1 aromatic heterocycles. The fourth-order valence-electron chi connectivity index (χ4n) is 2.76. The van der Waals surface area contributed by atoms with Crippen molar-refractivity contribution in [2.24, 2.45) is 0 Å². The lowest BCUT2D eigenvalue weighted by Gasteiger charge is -2.23. The Kier molecular flexibility index (Phi) is 4.13. The number of fused-ring (bicyclic) bond motifs is 2. The number of rotatable bonds is 3. The molecule has 1 aliphatic heterocycles. The molecule has 21 heavy (non-hydrogen) atoms. The van der Waals surface area contributed by atoms with E-state index in [4.69, 9.17) is 9.72 Å². The van der Waals surface area contributed by atoms with Gasteiger partial charge in [-0.15, -0.1) is 0 Å². The van der Waals surface area contributed by atoms with E-state index in [0.29, 0.717) is 23.1 Å². The maximum Gasteiger partial charge on any atom is 0.148 e. The van der Waals surface area contributed by atoms with Crippen LogP contribution in [0.25, 0.3) is 10.9 Å². The van der Waals surface area contributed by atoms with E-state index >= 15 is 0 Å². The molecule has 5 heteroatoms. The molecule has 1 N–H and O–H groups in total. The molecule has 0 unspecified atom stereocenters. The smallest absolute Gasteiger partial charge is 0.148 e. The van der Waals surface area contributed by atoms with Crippen LogP contribution in [0.15, 0.2) is 10.5 Å². The summed E-state index contributed by atoms with van der Waals surface area (Å²) in [5, 5.41) is 3.95. The quantitative estimate of drug-likeness (QED) is 0.891. The highest BCUT2D eigenvalue weighted by atomic mass is 79.9. The molecular weight excluding hydrogens is 335 g/mol. The van der Waals surface area contributed by atoms with Crippen molar-refractivity contribution >= 4 is 32.5 Å². The second kappa shape index (κ2) is 5.89. The Morgan fingerprint density at radius 1 is 1.48 bits per heavy atom. The number of nitrogens with one attached hydrogen (secondary N) is 1. The van der Waals surface area contributed by atoms with Gasteiger partial charge in [-0.05, 0) is 40.9 Å².